The second-order valence-corrected chi connectivity index (χ2v) is 9.37. The van der Waals surface area contributed by atoms with Gasteiger partial charge >= 0.3 is 0 Å². The van der Waals surface area contributed by atoms with Gasteiger partial charge in [0.2, 0.25) is 0 Å². The first-order chi connectivity index (χ1) is 14.6. The third kappa shape index (κ3) is 4.88. The Hall–Kier alpha value is -1.88. The normalized spacial score (nSPS) is 19.8. The SMILES string of the molecule is CC(=O)CCCN1CCC(CNC(=O)c2c3n(c4c2=CCCC=4)CCCCC3)CC1. The Kier molecular flexibility index (Phi) is 7.08. The van der Waals surface area contributed by atoms with Gasteiger partial charge in [0.25, 0.3) is 5.91 Å². The molecule has 2 aliphatic heterocycles. The molecule has 0 bridgehead atoms. The monoisotopic (exact) mass is 411 g/mol. The van der Waals surface area contributed by atoms with Crippen molar-refractivity contribution in [2.24, 2.45) is 5.92 Å². The minimum atomic E-state index is 0.136. The maximum absolute atomic E-state index is 13.3. The molecule has 0 spiro atoms. The molecule has 1 saturated heterocycles. The Morgan fingerprint density at radius 3 is 2.67 bits per heavy atom. The Bertz CT molecular complexity index is 890. The molecule has 3 aliphatic rings. The second-order valence-electron chi connectivity index (χ2n) is 9.37. The number of ketones is 1. The number of piperidine rings is 1. The number of carbonyl (C=O) groups excluding carboxylic acids is 2. The topological polar surface area (TPSA) is 54.3 Å². The number of amides is 1. The van der Waals surface area contributed by atoms with Crippen molar-refractivity contribution in [3.05, 3.63) is 21.8 Å². The highest BCUT2D eigenvalue weighted by atomic mass is 16.1. The summed E-state index contributed by atoms with van der Waals surface area (Å²) in [5.41, 5.74) is 2.23. The minimum Gasteiger partial charge on any atom is -0.352 e. The average Bonchev–Trinajstić information content (AvgIpc) is 2.88. The van der Waals surface area contributed by atoms with Crippen molar-refractivity contribution < 1.29 is 9.59 Å². The van der Waals surface area contributed by atoms with Crippen molar-refractivity contribution >= 4 is 23.8 Å². The van der Waals surface area contributed by atoms with Crippen molar-refractivity contribution in [2.75, 3.05) is 26.2 Å². The molecule has 0 aromatic carbocycles. The van der Waals surface area contributed by atoms with Gasteiger partial charge in [0.1, 0.15) is 5.78 Å². The van der Waals surface area contributed by atoms with E-state index in [4.69, 9.17) is 0 Å². The quantitative estimate of drug-likeness (QED) is 0.750. The van der Waals surface area contributed by atoms with Crippen LogP contribution in [0.3, 0.4) is 0 Å². The molecular formula is C25H37N3O2. The van der Waals surface area contributed by atoms with Crippen molar-refractivity contribution in [2.45, 2.75) is 77.7 Å². The summed E-state index contributed by atoms with van der Waals surface area (Å²) >= 11 is 0. The molecule has 1 aromatic rings. The van der Waals surface area contributed by atoms with Crippen LogP contribution >= 0.6 is 0 Å². The number of nitrogens with one attached hydrogen (secondary N) is 1. The number of hydrogen-bond acceptors (Lipinski definition) is 3. The maximum Gasteiger partial charge on any atom is 0.253 e. The third-order valence-electron chi connectivity index (χ3n) is 7.09. The molecule has 5 nitrogen and oxygen atoms in total. The molecule has 1 aromatic heterocycles. The fourth-order valence-corrected chi connectivity index (χ4v) is 5.38. The molecule has 0 atom stereocenters. The molecule has 4 rings (SSSR count). The maximum atomic E-state index is 13.3. The Balaban J connectivity index is 1.36. The largest absolute Gasteiger partial charge is 0.352 e. The van der Waals surface area contributed by atoms with Crippen LogP contribution in [0.2, 0.25) is 0 Å². The highest BCUT2D eigenvalue weighted by Gasteiger charge is 2.24. The summed E-state index contributed by atoms with van der Waals surface area (Å²) in [6.45, 7) is 6.69. The number of Topliss-reactive ketones (excluding diaryl/α,β-unsaturated/α-hetero) is 1. The summed E-state index contributed by atoms with van der Waals surface area (Å²) in [5, 5.41) is 5.78. The highest BCUT2D eigenvalue weighted by molar-refractivity contribution is 5.96. The summed E-state index contributed by atoms with van der Waals surface area (Å²) in [5.74, 6) is 0.983. The first-order valence-corrected chi connectivity index (χ1v) is 12.0. The summed E-state index contributed by atoms with van der Waals surface area (Å²) < 4.78 is 2.44. The number of fused-ring (bicyclic) bond motifs is 3. The summed E-state index contributed by atoms with van der Waals surface area (Å²) in [6, 6.07) is 0. The minimum absolute atomic E-state index is 0.136. The van der Waals surface area contributed by atoms with Crippen LogP contribution in [-0.4, -0.2) is 47.3 Å². The van der Waals surface area contributed by atoms with E-state index in [1.54, 1.807) is 6.92 Å². The smallest absolute Gasteiger partial charge is 0.253 e. The molecule has 1 fully saturated rings. The molecule has 30 heavy (non-hydrogen) atoms. The number of hydrogen-bond donors (Lipinski definition) is 1. The van der Waals surface area contributed by atoms with Crippen LogP contribution in [0.1, 0.15) is 80.8 Å². The Morgan fingerprint density at radius 2 is 1.87 bits per heavy atom. The average molecular weight is 412 g/mol. The van der Waals surface area contributed by atoms with Crippen LogP contribution in [0.5, 0.6) is 0 Å². The van der Waals surface area contributed by atoms with Gasteiger partial charge in [0.15, 0.2) is 0 Å². The van der Waals surface area contributed by atoms with Crippen LogP contribution in [0.25, 0.3) is 12.2 Å². The molecule has 0 radical (unpaired) electrons. The molecule has 1 N–H and O–H groups in total. The van der Waals surface area contributed by atoms with Gasteiger partial charge in [-0.2, -0.15) is 0 Å². The van der Waals surface area contributed by atoms with E-state index in [-0.39, 0.29) is 11.7 Å². The van der Waals surface area contributed by atoms with Crippen LogP contribution in [0.15, 0.2) is 0 Å². The lowest BCUT2D eigenvalue weighted by Crippen LogP contribution is -2.40. The Labute approximate surface area is 180 Å². The lowest BCUT2D eigenvalue weighted by Gasteiger charge is -2.32. The van der Waals surface area contributed by atoms with Gasteiger partial charge in [0, 0.05) is 35.8 Å². The fourth-order valence-electron chi connectivity index (χ4n) is 5.38. The third-order valence-corrected chi connectivity index (χ3v) is 7.09. The van der Waals surface area contributed by atoms with Gasteiger partial charge in [-0.05, 0) is 83.8 Å². The van der Waals surface area contributed by atoms with Crippen molar-refractivity contribution in [3.63, 3.8) is 0 Å². The van der Waals surface area contributed by atoms with Gasteiger partial charge in [-0.15, -0.1) is 0 Å². The molecule has 3 heterocycles. The zero-order chi connectivity index (χ0) is 20.9. The molecule has 5 heteroatoms. The fraction of sp³-hybridized carbons (Fsp3) is 0.680. The second kappa shape index (κ2) is 9.95. The van der Waals surface area contributed by atoms with Crippen LogP contribution in [0, 0.1) is 5.92 Å². The van der Waals surface area contributed by atoms with E-state index >= 15 is 0 Å². The molecule has 164 valence electrons. The van der Waals surface area contributed by atoms with Gasteiger partial charge in [-0.3, -0.25) is 4.79 Å². The van der Waals surface area contributed by atoms with Gasteiger partial charge in [-0.1, -0.05) is 18.6 Å². The van der Waals surface area contributed by atoms with Crippen LogP contribution in [0.4, 0.5) is 0 Å². The van der Waals surface area contributed by atoms with E-state index in [2.05, 4.69) is 26.9 Å². The van der Waals surface area contributed by atoms with Gasteiger partial charge in [0.05, 0.1) is 5.56 Å². The van der Waals surface area contributed by atoms with E-state index in [1.807, 2.05) is 0 Å². The lowest BCUT2D eigenvalue weighted by atomic mass is 9.96. The van der Waals surface area contributed by atoms with E-state index in [0.29, 0.717) is 12.3 Å². The zero-order valence-electron chi connectivity index (χ0n) is 18.5. The number of rotatable bonds is 7. The van der Waals surface area contributed by atoms with Crippen molar-refractivity contribution in [1.82, 2.24) is 14.8 Å². The molecule has 1 aliphatic carbocycles. The first kappa shape index (κ1) is 21.4. The molecular weight excluding hydrogens is 374 g/mol. The number of aromatic nitrogens is 1. The van der Waals surface area contributed by atoms with Crippen LogP contribution < -0.4 is 15.9 Å². The highest BCUT2D eigenvalue weighted by Crippen LogP contribution is 2.19. The number of carbonyl (C=O) groups is 2. The van der Waals surface area contributed by atoms with Crippen molar-refractivity contribution in [3.8, 4) is 0 Å². The summed E-state index contributed by atoms with van der Waals surface area (Å²) in [6.07, 6.45) is 15.3. The van der Waals surface area contributed by atoms with E-state index < -0.39 is 0 Å². The first-order valence-electron chi connectivity index (χ1n) is 12.0. The van der Waals surface area contributed by atoms with Gasteiger partial charge < -0.3 is 19.6 Å². The lowest BCUT2D eigenvalue weighted by molar-refractivity contribution is -0.117. The Morgan fingerprint density at radius 1 is 1.07 bits per heavy atom. The summed E-state index contributed by atoms with van der Waals surface area (Å²) in [7, 11) is 0. The molecule has 0 unspecified atom stereocenters. The van der Waals surface area contributed by atoms with Gasteiger partial charge in [-0.25, -0.2) is 0 Å². The number of likely N-dealkylation sites (tertiary alicyclic amines) is 1. The number of nitrogens with zero attached hydrogens (tertiary/aromatic N) is 2. The zero-order valence-corrected chi connectivity index (χ0v) is 18.5. The molecule has 1 amide bonds. The van der Waals surface area contributed by atoms with Crippen LogP contribution in [-0.2, 0) is 17.8 Å². The predicted octanol–water partition coefficient (Wildman–Crippen LogP) is 2.38. The standard InChI is InChI=1S/C25H37N3O2/c1-19(29)8-7-14-27-16-12-20(13-17-27)18-26-25(30)24-21-9-4-5-10-22(21)28-15-6-2-3-11-23(24)28/h9-10,20H,2-8,11-18H2,1H3,(H,26,30). The summed E-state index contributed by atoms with van der Waals surface area (Å²) in [4.78, 5) is 26.9. The predicted molar refractivity (Wildman–Crippen MR) is 121 cm³/mol. The van der Waals surface area contributed by atoms with Crippen molar-refractivity contribution in [1.29, 1.82) is 0 Å². The van der Waals surface area contributed by atoms with E-state index in [9.17, 15) is 9.59 Å². The van der Waals surface area contributed by atoms with E-state index in [0.717, 1.165) is 76.8 Å². The molecule has 0 saturated carbocycles. The van der Waals surface area contributed by atoms with E-state index in [1.165, 1.54) is 35.5 Å².